The van der Waals surface area contributed by atoms with E-state index in [0.717, 1.165) is 28.7 Å². The lowest BCUT2D eigenvalue weighted by atomic mass is 10.1. The molecule has 1 N–H and O–H groups in total. The highest BCUT2D eigenvalue weighted by molar-refractivity contribution is 5.89. The number of rotatable bonds is 6. The van der Waals surface area contributed by atoms with Gasteiger partial charge in [-0.2, -0.15) is 5.10 Å². The minimum absolute atomic E-state index is 0.474. The van der Waals surface area contributed by atoms with E-state index in [0.29, 0.717) is 6.04 Å². The van der Waals surface area contributed by atoms with Crippen molar-refractivity contribution in [1.82, 2.24) is 24.7 Å². The van der Waals surface area contributed by atoms with Gasteiger partial charge >= 0.3 is 0 Å². The standard InChI is InChI=1S/C16H21N5/c1-3-5-6-13(4-2)21-10-12(9-20-21)15-14-7-8-17-16(14)19-11-18-15/h7-11,13H,3-6H2,1-2H3,(H,17,18,19). The Hall–Kier alpha value is -2.17. The fraction of sp³-hybridized carbons (Fsp3) is 0.438. The van der Waals surface area contributed by atoms with Crippen molar-refractivity contribution < 1.29 is 0 Å². The molecule has 3 aromatic rings. The Morgan fingerprint density at radius 1 is 1.29 bits per heavy atom. The third-order valence-corrected chi connectivity index (χ3v) is 3.97. The number of hydrogen-bond donors (Lipinski definition) is 1. The summed E-state index contributed by atoms with van der Waals surface area (Å²) in [6.07, 6.45) is 12.2. The highest BCUT2D eigenvalue weighted by Crippen LogP contribution is 2.26. The number of unbranched alkanes of at least 4 members (excludes halogenated alkanes) is 1. The molecule has 0 saturated carbocycles. The van der Waals surface area contributed by atoms with Gasteiger partial charge in [0.15, 0.2) is 0 Å². The first-order valence-corrected chi connectivity index (χ1v) is 7.66. The van der Waals surface area contributed by atoms with Crippen molar-refractivity contribution in [2.45, 2.75) is 45.6 Å². The van der Waals surface area contributed by atoms with Crippen LogP contribution in [0.4, 0.5) is 0 Å². The van der Waals surface area contributed by atoms with E-state index < -0.39 is 0 Å². The summed E-state index contributed by atoms with van der Waals surface area (Å²) in [6.45, 7) is 4.45. The van der Waals surface area contributed by atoms with Crippen molar-refractivity contribution >= 4 is 11.0 Å². The van der Waals surface area contributed by atoms with E-state index in [1.54, 1.807) is 6.33 Å². The molecule has 3 heterocycles. The number of H-pyrrole nitrogens is 1. The molecule has 0 spiro atoms. The lowest BCUT2D eigenvalue weighted by Crippen LogP contribution is -2.08. The number of aromatic nitrogens is 5. The summed E-state index contributed by atoms with van der Waals surface area (Å²) < 4.78 is 2.09. The smallest absolute Gasteiger partial charge is 0.141 e. The second-order valence-electron chi connectivity index (χ2n) is 5.38. The summed E-state index contributed by atoms with van der Waals surface area (Å²) in [4.78, 5) is 11.8. The van der Waals surface area contributed by atoms with Crippen LogP contribution >= 0.6 is 0 Å². The van der Waals surface area contributed by atoms with Gasteiger partial charge in [-0.25, -0.2) is 9.97 Å². The van der Waals surface area contributed by atoms with Gasteiger partial charge < -0.3 is 4.98 Å². The van der Waals surface area contributed by atoms with Crippen LogP contribution in [-0.4, -0.2) is 24.7 Å². The summed E-state index contributed by atoms with van der Waals surface area (Å²) in [6, 6.07) is 2.48. The maximum absolute atomic E-state index is 4.55. The zero-order valence-corrected chi connectivity index (χ0v) is 12.6. The predicted octanol–water partition coefficient (Wildman–Crippen LogP) is 3.96. The van der Waals surface area contributed by atoms with Gasteiger partial charge in [-0.05, 0) is 18.9 Å². The maximum atomic E-state index is 4.55. The number of aromatic amines is 1. The van der Waals surface area contributed by atoms with Gasteiger partial charge in [-0.15, -0.1) is 0 Å². The molecule has 0 fully saturated rings. The molecule has 0 aromatic carbocycles. The van der Waals surface area contributed by atoms with E-state index in [1.807, 2.05) is 18.5 Å². The van der Waals surface area contributed by atoms with E-state index >= 15 is 0 Å². The van der Waals surface area contributed by atoms with Crippen molar-refractivity contribution in [3.8, 4) is 11.3 Å². The molecular weight excluding hydrogens is 262 g/mol. The van der Waals surface area contributed by atoms with Gasteiger partial charge in [0.1, 0.15) is 12.0 Å². The molecular formula is C16H21N5. The first-order chi connectivity index (χ1) is 10.3. The lowest BCUT2D eigenvalue weighted by molar-refractivity contribution is 0.401. The average molecular weight is 283 g/mol. The van der Waals surface area contributed by atoms with Crippen LogP contribution < -0.4 is 0 Å². The normalized spacial score (nSPS) is 12.9. The number of hydrogen-bond acceptors (Lipinski definition) is 3. The monoisotopic (exact) mass is 283 g/mol. The molecule has 21 heavy (non-hydrogen) atoms. The Morgan fingerprint density at radius 2 is 2.19 bits per heavy atom. The summed E-state index contributed by atoms with van der Waals surface area (Å²) in [5, 5.41) is 5.59. The molecule has 1 atom stereocenters. The molecule has 1 unspecified atom stereocenters. The van der Waals surface area contributed by atoms with Crippen LogP contribution in [0, 0.1) is 0 Å². The van der Waals surface area contributed by atoms with Crippen LogP contribution in [0.1, 0.15) is 45.6 Å². The maximum Gasteiger partial charge on any atom is 0.141 e. The van der Waals surface area contributed by atoms with Crippen LogP contribution in [0.5, 0.6) is 0 Å². The lowest BCUT2D eigenvalue weighted by Gasteiger charge is -2.14. The van der Waals surface area contributed by atoms with Crippen molar-refractivity contribution in [2.75, 3.05) is 0 Å². The predicted molar refractivity (Wildman–Crippen MR) is 84.0 cm³/mol. The molecule has 0 aliphatic rings. The third-order valence-electron chi connectivity index (χ3n) is 3.97. The number of fused-ring (bicyclic) bond motifs is 1. The fourth-order valence-corrected chi connectivity index (χ4v) is 2.73. The molecule has 3 aromatic heterocycles. The van der Waals surface area contributed by atoms with Crippen LogP contribution in [0.2, 0.25) is 0 Å². The van der Waals surface area contributed by atoms with E-state index in [1.165, 1.54) is 19.3 Å². The quantitative estimate of drug-likeness (QED) is 0.744. The fourth-order valence-electron chi connectivity index (χ4n) is 2.73. The zero-order chi connectivity index (χ0) is 14.7. The zero-order valence-electron chi connectivity index (χ0n) is 12.6. The van der Waals surface area contributed by atoms with E-state index in [4.69, 9.17) is 0 Å². The Morgan fingerprint density at radius 3 is 3.00 bits per heavy atom. The number of nitrogens with zero attached hydrogens (tertiary/aromatic N) is 4. The van der Waals surface area contributed by atoms with Crippen LogP contribution in [-0.2, 0) is 0 Å². The molecule has 0 saturated heterocycles. The summed E-state index contributed by atoms with van der Waals surface area (Å²) >= 11 is 0. The summed E-state index contributed by atoms with van der Waals surface area (Å²) in [5.41, 5.74) is 2.86. The highest BCUT2D eigenvalue weighted by Gasteiger charge is 2.13. The van der Waals surface area contributed by atoms with Crippen molar-refractivity contribution in [2.24, 2.45) is 0 Å². The molecule has 3 rings (SSSR count). The molecule has 5 heteroatoms. The largest absolute Gasteiger partial charge is 0.346 e. The highest BCUT2D eigenvalue weighted by atomic mass is 15.3. The van der Waals surface area contributed by atoms with E-state index in [2.05, 4.69) is 44.8 Å². The SMILES string of the molecule is CCCCC(CC)n1cc(-c2ncnc3[nH]ccc23)cn1. The first kappa shape index (κ1) is 13.8. The Bertz CT molecular complexity index is 712. The van der Waals surface area contributed by atoms with Gasteiger partial charge in [0, 0.05) is 23.3 Å². The summed E-state index contributed by atoms with van der Waals surface area (Å²) in [5.74, 6) is 0. The van der Waals surface area contributed by atoms with E-state index in [9.17, 15) is 0 Å². The Labute approximate surface area is 124 Å². The Kier molecular flexibility index (Phi) is 3.99. The van der Waals surface area contributed by atoms with Gasteiger partial charge in [-0.1, -0.05) is 26.7 Å². The molecule has 110 valence electrons. The second kappa shape index (κ2) is 6.08. The summed E-state index contributed by atoms with van der Waals surface area (Å²) in [7, 11) is 0. The average Bonchev–Trinajstić information content (AvgIpc) is 3.16. The molecule has 0 radical (unpaired) electrons. The molecule has 0 bridgehead atoms. The second-order valence-corrected chi connectivity index (χ2v) is 5.38. The third kappa shape index (κ3) is 2.68. The molecule has 5 nitrogen and oxygen atoms in total. The van der Waals surface area contributed by atoms with Crippen LogP contribution in [0.15, 0.2) is 31.0 Å². The molecule has 0 aliphatic heterocycles. The van der Waals surface area contributed by atoms with Gasteiger partial charge in [0.05, 0.1) is 17.9 Å². The molecule has 0 aliphatic carbocycles. The Balaban J connectivity index is 1.92. The van der Waals surface area contributed by atoms with Gasteiger partial charge in [0.25, 0.3) is 0 Å². The van der Waals surface area contributed by atoms with Crippen LogP contribution in [0.25, 0.3) is 22.3 Å². The van der Waals surface area contributed by atoms with Crippen LogP contribution in [0.3, 0.4) is 0 Å². The number of nitrogens with one attached hydrogen (secondary N) is 1. The van der Waals surface area contributed by atoms with Crippen molar-refractivity contribution in [1.29, 1.82) is 0 Å². The minimum atomic E-state index is 0.474. The van der Waals surface area contributed by atoms with Gasteiger partial charge in [-0.3, -0.25) is 4.68 Å². The molecule has 0 amide bonds. The van der Waals surface area contributed by atoms with Gasteiger partial charge in [0.2, 0.25) is 0 Å². The first-order valence-electron chi connectivity index (χ1n) is 7.66. The van der Waals surface area contributed by atoms with Crippen molar-refractivity contribution in [3.05, 3.63) is 31.0 Å². The van der Waals surface area contributed by atoms with E-state index in [-0.39, 0.29) is 0 Å². The van der Waals surface area contributed by atoms with Crippen molar-refractivity contribution in [3.63, 3.8) is 0 Å². The topological polar surface area (TPSA) is 59.4 Å². The minimum Gasteiger partial charge on any atom is -0.346 e.